The van der Waals surface area contributed by atoms with Crippen LogP contribution in [0.1, 0.15) is 34.8 Å². The van der Waals surface area contributed by atoms with Gasteiger partial charge in [-0.3, -0.25) is 15.1 Å². The van der Waals surface area contributed by atoms with Gasteiger partial charge in [0.25, 0.3) is 5.91 Å². The summed E-state index contributed by atoms with van der Waals surface area (Å²) in [6.07, 6.45) is 1.39. The number of ether oxygens (including phenoxy) is 1. The molecule has 0 aliphatic heterocycles. The molecule has 2 aromatic rings. The Morgan fingerprint density at radius 1 is 1.12 bits per heavy atom. The third-order valence-corrected chi connectivity index (χ3v) is 3.13. The van der Waals surface area contributed by atoms with Gasteiger partial charge in [-0.15, -0.1) is 0 Å². The minimum absolute atomic E-state index is 0.0302. The molecule has 1 aromatic heterocycles. The molecule has 0 unspecified atom stereocenters. The summed E-state index contributed by atoms with van der Waals surface area (Å²) in [5.74, 6) is -1.57. The van der Waals surface area contributed by atoms with Gasteiger partial charge >= 0.3 is 12.0 Å². The van der Waals surface area contributed by atoms with Gasteiger partial charge < -0.3 is 10.1 Å². The third kappa shape index (κ3) is 5.10. The lowest BCUT2D eigenvalue weighted by atomic mass is 10.1. The first-order valence-corrected chi connectivity index (χ1v) is 7.64. The van der Waals surface area contributed by atoms with Crippen molar-refractivity contribution in [1.82, 2.24) is 20.6 Å². The van der Waals surface area contributed by atoms with Crippen LogP contribution in [0.25, 0.3) is 0 Å². The first kappa shape index (κ1) is 18.1. The van der Waals surface area contributed by atoms with Crippen LogP contribution in [0.4, 0.5) is 4.79 Å². The van der Waals surface area contributed by atoms with Crippen molar-refractivity contribution in [2.75, 3.05) is 6.54 Å². The van der Waals surface area contributed by atoms with E-state index in [2.05, 4.69) is 20.6 Å². The van der Waals surface area contributed by atoms with E-state index in [1.807, 2.05) is 0 Å². The van der Waals surface area contributed by atoms with Gasteiger partial charge in [0.2, 0.25) is 6.10 Å². The molecule has 2 N–H and O–H groups in total. The van der Waals surface area contributed by atoms with Crippen LogP contribution in [0.2, 0.25) is 0 Å². The molecule has 3 amide bonds. The van der Waals surface area contributed by atoms with Gasteiger partial charge in [-0.1, -0.05) is 30.3 Å². The largest absolute Gasteiger partial charge is 0.442 e. The van der Waals surface area contributed by atoms with Crippen molar-refractivity contribution in [3.63, 3.8) is 0 Å². The van der Waals surface area contributed by atoms with Crippen LogP contribution in [0.3, 0.4) is 0 Å². The van der Waals surface area contributed by atoms with E-state index in [4.69, 9.17) is 4.74 Å². The zero-order valence-electron chi connectivity index (χ0n) is 13.9. The van der Waals surface area contributed by atoms with Crippen molar-refractivity contribution < 1.29 is 19.1 Å². The summed E-state index contributed by atoms with van der Waals surface area (Å²) < 4.78 is 5.27. The number of nitrogens with one attached hydrogen (secondary N) is 2. The Bertz CT molecular complexity index is 747. The molecule has 0 bridgehead atoms. The number of nitrogens with zero attached hydrogens (tertiary/aromatic N) is 2. The Kier molecular flexibility index (Phi) is 6.16. The molecular weight excluding hydrogens is 324 g/mol. The standard InChI is InChI=1S/C17H18N4O4/c1-3-18-17(24)21-15(22)14(12-7-5-4-6-8-12)25-16(23)13-10-19-11(2)9-20-13/h4-10,14H,3H2,1-2H3,(H2,18,21,22,24)/t14-/m1/s1. The predicted molar refractivity (Wildman–Crippen MR) is 88.6 cm³/mol. The monoisotopic (exact) mass is 342 g/mol. The van der Waals surface area contributed by atoms with E-state index in [0.29, 0.717) is 17.8 Å². The molecule has 8 heteroatoms. The lowest BCUT2D eigenvalue weighted by molar-refractivity contribution is -0.129. The first-order chi connectivity index (χ1) is 12.0. The van der Waals surface area contributed by atoms with Crippen LogP contribution in [0.15, 0.2) is 42.7 Å². The van der Waals surface area contributed by atoms with E-state index >= 15 is 0 Å². The first-order valence-electron chi connectivity index (χ1n) is 7.64. The Morgan fingerprint density at radius 3 is 2.44 bits per heavy atom. The highest BCUT2D eigenvalue weighted by Gasteiger charge is 2.27. The molecule has 0 saturated heterocycles. The second-order valence-corrected chi connectivity index (χ2v) is 5.09. The molecule has 1 atom stereocenters. The Morgan fingerprint density at radius 2 is 1.84 bits per heavy atom. The fourth-order valence-corrected chi connectivity index (χ4v) is 1.95. The number of aryl methyl sites for hydroxylation is 1. The van der Waals surface area contributed by atoms with Gasteiger partial charge in [-0.25, -0.2) is 14.6 Å². The number of esters is 1. The van der Waals surface area contributed by atoms with Gasteiger partial charge in [0, 0.05) is 18.3 Å². The van der Waals surface area contributed by atoms with Crippen molar-refractivity contribution in [1.29, 1.82) is 0 Å². The zero-order valence-corrected chi connectivity index (χ0v) is 13.9. The minimum Gasteiger partial charge on any atom is -0.442 e. The van der Waals surface area contributed by atoms with Crippen molar-refractivity contribution in [2.45, 2.75) is 20.0 Å². The molecule has 0 radical (unpaired) electrons. The van der Waals surface area contributed by atoms with Gasteiger partial charge in [0.15, 0.2) is 5.69 Å². The van der Waals surface area contributed by atoms with E-state index in [0.717, 1.165) is 0 Å². The second-order valence-electron chi connectivity index (χ2n) is 5.09. The molecule has 0 spiro atoms. The summed E-state index contributed by atoms with van der Waals surface area (Å²) in [6, 6.07) is 7.73. The lowest BCUT2D eigenvalue weighted by Crippen LogP contribution is -2.42. The van der Waals surface area contributed by atoms with Crippen LogP contribution >= 0.6 is 0 Å². The van der Waals surface area contributed by atoms with E-state index in [1.165, 1.54) is 12.4 Å². The van der Waals surface area contributed by atoms with E-state index in [9.17, 15) is 14.4 Å². The molecule has 1 aromatic carbocycles. The SMILES string of the molecule is CCNC(=O)NC(=O)[C@H](OC(=O)c1cnc(C)cn1)c1ccccc1. The fourth-order valence-electron chi connectivity index (χ4n) is 1.95. The highest BCUT2D eigenvalue weighted by atomic mass is 16.5. The van der Waals surface area contributed by atoms with Crippen LogP contribution in [0.5, 0.6) is 0 Å². The number of urea groups is 1. The van der Waals surface area contributed by atoms with Crippen molar-refractivity contribution in [3.05, 3.63) is 59.7 Å². The van der Waals surface area contributed by atoms with Crippen molar-refractivity contribution in [3.8, 4) is 0 Å². The maximum atomic E-state index is 12.4. The van der Waals surface area contributed by atoms with Crippen LogP contribution in [-0.2, 0) is 9.53 Å². The van der Waals surface area contributed by atoms with Gasteiger partial charge in [0.1, 0.15) is 0 Å². The number of hydrogen-bond donors (Lipinski definition) is 2. The smallest absolute Gasteiger partial charge is 0.359 e. The summed E-state index contributed by atoms with van der Waals surface area (Å²) in [7, 11) is 0. The number of hydrogen-bond acceptors (Lipinski definition) is 6. The maximum absolute atomic E-state index is 12.4. The highest BCUT2D eigenvalue weighted by molar-refractivity contribution is 5.98. The second kappa shape index (κ2) is 8.53. The zero-order chi connectivity index (χ0) is 18.2. The molecule has 1 heterocycles. The lowest BCUT2D eigenvalue weighted by Gasteiger charge is -2.17. The molecule has 8 nitrogen and oxygen atoms in total. The summed E-state index contributed by atoms with van der Waals surface area (Å²) in [5, 5.41) is 4.58. The molecule has 2 rings (SSSR count). The Hall–Kier alpha value is -3.29. The molecule has 0 saturated carbocycles. The van der Waals surface area contributed by atoms with Crippen LogP contribution in [0, 0.1) is 6.92 Å². The number of carbonyl (C=O) groups excluding carboxylic acids is 3. The van der Waals surface area contributed by atoms with Gasteiger partial charge in [-0.2, -0.15) is 0 Å². The minimum atomic E-state index is -1.29. The molecule has 130 valence electrons. The Balaban J connectivity index is 2.20. The molecule has 0 aliphatic carbocycles. The number of rotatable bonds is 5. The highest BCUT2D eigenvalue weighted by Crippen LogP contribution is 2.19. The number of benzene rings is 1. The Labute approximate surface area is 144 Å². The number of amides is 3. The third-order valence-electron chi connectivity index (χ3n) is 3.13. The molecule has 0 fully saturated rings. The van der Waals surface area contributed by atoms with Gasteiger partial charge in [0.05, 0.1) is 11.9 Å². The van der Waals surface area contributed by atoms with Crippen LogP contribution in [-0.4, -0.2) is 34.4 Å². The van der Waals surface area contributed by atoms with Crippen molar-refractivity contribution >= 4 is 17.9 Å². The molecular formula is C17H18N4O4. The molecule has 0 aliphatic rings. The topological polar surface area (TPSA) is 110 Å². The van der Waals surface area contributed by atoms with E-state index in [1.54, 1.807) is 44.2 Å². The summed E-state index contributed by atoms with van der Waals surface area (Å²) >= 11 is 0. The van der Waals surface area contributed by atoms with E-state index < -0.39 is 24.0 Å². The predicted octanol–water partition coefficient (Wildman–Crippen LogP) is 1.53. The van der Waals surface area contributed by atoms with Gasteiger partial charge in [-0.05, 0) is 13.8 Å². The average molecular weight is 342 g/mol. The van der Waals surface area contributed by atoms with E-state index in [-0.39, 0.29) is 5.69 Å². The summed E-state index contributed by atoms with van der Waals surface area (Å²) in [5.41, 5.74) is 1.04. The number of carbonyl (C=O) groups is 3. The average Bonchev–Trinajstić information content (AvgIpc) is 2.61. The number of imide groups is 1. The number of aromatic nitrogens is 2. The fraction of sp³-hybridized carbons (Fsp3) is 0.235. The van der Waals surface area contributed by atoms with Crippen molar-refractivity contribution in [2.24, 2.45) is 0 Å². The maximum Gasteiger partial charge on any atom is 0.359 e. The summed E-state index contributed by atoms with van der Waals surface area (Å²) in [4.78, 5) is 44.1. The molecule has 25 heavy (non-hydrogen) atoms. The quantitative estimate of drug-likeness (QED) is 0.797. The summed E-state index contributed by atoms with van der Waals surface area (Å²) in [6.45, 7) is 3.80. The van der Waals surface area contributed by atoms with Crippen LogP contribution < -0.4 is 10.6 Å². The normalized spacial score (nSPS) is 11.3.